The van der Waals surface area contributed by atoms with Crippen molar-refractivity contribution >= 4 is 23.3 Å². The minimum Gasteiger partial charge on any atom is -0.470 e. The van der Waals surface area contributed by atoms with E-state index in [4.69, 9.17) is 9.47 Å². The first kappa shape index (κ1) is 17.5. The predicted molar refractivity (Wildman–Crippen MR) is 86.9 cm³/mol. The molecule has 1 heterocycles. The summed E-state index contributed by atoms with van der Waals surface area (Å²) in [6.45, 7) is 4.79. The van der Waals surface area contributed by atoms with Crippen LogP contribution in [0.4, 0.5) is 5.69 Å². The van der Waals surface area contributed by atoms with Crippen LogP contribution in [0.5, 0.6) is 0 Å². The molecule has 0 aromatic heterocycles. The molecule has 1 amide bonds. The fourth-order valence-corrected chi connectivity index (χ4v) is 2.04. The van der Waals surface area contributed by atoms with Gasteiger partial charge in [-0.2, -0.15) is 0 Å². The maximum atomic E-state index is 12.3. The molecule has 0 saturated heterocycles. The van der Waals surface area contributed by atoms with Crippen molar-refractivity contribution in [3.05, 3.63) is 41.8 Å². The molecule has 1 aromatic carbocycles. The highest BCUT2D eigenvalue weighted by Gasteiger charge is 2.34. The number of ketones is 1. The molecule has 7 nitrogen and oxygen atoms in total. The monoisotopic (exact) mass is 332 g/mol. The van der Waals surface area contributed by atoms with E-state index in [1.54, 1.807) is 38.1 Å². The molecule has 2 rings (SSSR count). The van der Waals surface area contributed by atoms with Crippen molar-refractivity contribution in [1.82, 2.24) is 5.32 Å². The van der Waals surface area contributed by atoms with E-state index in [2.05, 4.69) is 10.6 Å². The van der Waals surface area contributed by atoms with E-state index < -0.39 is 23.8 Å². The van der Waals surface area contributed by atoms with Gasteiger partial charge in [-0.25, -0.2) is 4.79 Å². The van der Waals surface area contributed by atoms with Crippen LogP contribution in [0.2, 0.25) is 0 Å². The molecule has 0 fully saturated rings. The van der Waals surface area contributed by atoms with Crippen LogP contribution in [0.25, 0.3) is 0 Å². The number of amides is 1. The Hall–Kier alpha value is -2.83. The highest BCUT2D eigenvalue weighted by molar-refractivity contribution is 6.20. The van der Waals surface area contributed by atoms with Crippen molar-refractivity contribution in [1.29, 1.82) is 0 Å². The standard InChI is InChI=1S/C17H20N2O5/c1-10(2)18-15(21)11(3)24-17(22)14-13(20)9-23-16(14)19-12-7-5-4-6-8-12/h4-8,10-11,19H,9H2,1-3H3,(H,18,21)/t11-/m1/s1. The van der Waals surface area contributed by atoms with E-state index in [1.165, 1.54) is 6.92 Å². The molecular formula is C17H20N2O5. The minimum atomic E-state index is -1.02. The molecular weight excluding hydrogens is 312 g/mol. The first-order chi connectivity index (χ1) is 11.4. The summed E-state index contributed by atoms with van der Waals surface area (Å²) in [6.07, 6.45) is -1.02. The number of ether oxygens (including phenoxy) is 2. The van der Waals surface area contributed by atoms with Gasteiger partial charge in [0.25, 0.3) is 5.91 Å². The second-order valence-corrected chi connectivity index (χ2v) is 5.62. The highest BCUT2D eigenvalue weighted by atomic mass is 16.6. The third-order valence-corrected chi connectivity index (χ3v) is 3.17. The SMILES string of the molecule is CC(C)NC(=O)[C@@H](C)OC(=O)C1=C(Nc2ccccc2)OCC1=O. The summed E-state index contributed by atoms with van der Waals surface area (Å²) in [5, 5.41) is 5.51. The largest absolute Gasteiger partial charge is 0.470 e. The molecule has 2 N–H and O–H groups in total. The quantitative estimate of drug-likeness (QED) is 0.603. The van der Waals surface area contributed by atoms with Crippen molar-refractivity contribution in [3.63, 3.8) is 0 Å². The van der Waals surface area contributed by atoms with Crippen LogP contribution in [0.15, 0.2) is 41.8 Å². The summed E-state index contributed by atoms with van der Waals surface area (Å²) in [5.41, 5.74) is 0.446. The number of anilines is 1. The van der Waals surface area contributed by atoms with Gasteiger partial charge in [-0.3, -0.25) is 9.59 Å². The van der Waals surface area contributed by atoms with Crippen LogP contribution in [0.3, 0.4) is 0 Å². The number of rotatable bonds is 6. The molecule has 1 aliphatic rings. The minimum absolute atomic E-state index is 0.0349. The molecule has 1 aliphatic heterocycles. The van der Waals surface area contributed by atoms with Gasteiger partial charge in [0.1, 0.15) is 0 Å². The number of hydrogen-bond acceptors (Lipinski definition) is 6. The Morgan fingerprint density at radius 1 is 1.17 bits per heavy atom. The lowest BCUT2D eigenvalue weighted by Gasteiger charge is -2.15. The average Bonchev–Trinajstić information content (AvgIpc) is 2.88. The summed E-state index contributed by atoms with van der Waals surface area (Å²) in [4.78, 5) is 36.0. The average molecular weight is 332 g/mol. The van der Waals surface area contributed by atoms with E-state index in [-0.39, 0.29) is 24.1 Å². The Labute approximate surface area is 140 Å². The van der Waals surface area contributed by atoms with E-state index in [9.17, 15) is 14.4 Å². The summed E-state index contributed by atoms with van der Waals surface area (Å²) in [6, 6.07) is 8.89. The second kappa shape index (κ2) is 7.63. The van der Waals surface area contributed by atoms with Crippen LogP contribution in [0, 0.1) is 0 Å². The maximum Gasteiger partial charge on any atom is 0.348 e. The van der Waals surface area contributed by atoms with Gasteiger partial charge in [-0.15, -0.1) is 0 Å². The lowest BCUT2D eigenvalue weighted by atomic mass is 10.2. The molecule has 1 atom stereocenters. The second-order valence-electron chi connectivity index (χ2n) is 5.62. The number of para-hydroxylation sites is 1. The van der Waals surface area contributed by atoms with E-state index in [0.29, 0.717) is 5.69 Å². The number of benzene rings is 1. The van der Waals surface area contributed by atoms with Gasteiger partial charge < -0.3 is 20.1 Å². The molecule has 0 saturated carbocycles. The molecule has 0 bridgehead atoms. The zero-order chi connectivity index (χ0) is 17.7. The molecule has 7 heteroatoms. The first-order valence-corrected chi connectivity index (χ1v) is 7.62. The summed E-state index contributed by atoms with van der Waals surface area (Å²) in [5.74, 6) is -1.77. The van der Waals surface area contributed by atoms with Crippen molar-refractivity contribution in [2.45, 2.75) is 32.9 Å². The molecule has 0 radical (unpaired) electrons. The van der Waals surface area contributed by atoms with Crippen molar-refractivity contribution in [3.8, 4) is 0 Å². The Morgan fingerprint density at radius 3 is 2.46 bits per heavy atom. The molecule has 128 valence electrons. The smallest absolute Gasteiger partial charge is 0.348 e. The van der Waals surface area contributed by atoms with Gasteiger partial charge in [0.05, 0.1) is 0 Å². The number of esters is 1. The van der Waals surface area contributed by atoms with E-state index in [1.807, 2.05) is 6.07 Å². The van der Waals surface area contributed by atoms with Crippen LogP contribution in [0.1, 0.15) is 20.8 Å². The zero-order valence-electron chi connectivity index (χ0n) is 13.8. The first-order valence-electron chi connectivity index (χ1n) is 7.62. The van der Waals surface area contributed by atoms with Crippen LogP contribution >= 0.6 is 0 Å². The Bertz CT molecular complexity index is 667. The van der Waals surface area contributed by atoms with Gasteiger partial charge >= 0.3 is 5.97 Å². The topological polar surface area (TPSA) is 93.7 Å². The molecule has 0 spiro atoms. The molecule has 0 aliphatic carbocycles. The fourth-order valence-electron chi connectivity index (χ4n) is 2.04. The van der Waals surface area contributed by atoms with Crippen LogP contribution in [-0.4, -0.2) is 36.4 Å². The molecule has 0 unspecified atom stereocenters. The highest BCUT2D eigenvalue weighted by Crippen LogP contribution is 2.21. The lowest BCUT2D eigenvalue weighted by Crippen LogP contribution is -2.40. The van der Waals surface area contributed by atoms with Crippen LogP contribution in [-0.2, 0) is 23.9 Å². The van der Waals surface area contributed by atoms with E-state index in [0.717, 1.165) is 0 Å². The number of nitrogens with one attached hydrogen (secondary N) is 2. The number of carbonyl (C=O) groups excluding carboxylic acids is 3. The van der Waals surface area contributed by atoms with Gasteiger partial charge in [-0.1, -0.05) is 18.2 Å². The lowest BCUT2D eigenvalue weighted by molar-refractivity contribution is -0.152. The molecule has 24 heavy (non-hydrogen) atoms. The number of Topliss-reactive ketones (excluding diaryl/α,β-unsaturated/α-hetero) is 1. The van der Waals surface area contributed by atoms with Crippen molar-refractivity contribution in [2.75, 3.05) is 11.9 Å². The predicted octanol–water partition coefficient (Wildman–Crippen LogP) is 1.37. The third kappa shape index (κ3) is 4.34. The number of hydrogen-bond donors (Lipinski definition) is 2. The van der Waals surface area contributed by atoms with Gasteiger partial charge in [-0.05, 0) is 32.9 Å². The fraction of sp³-hybridized carbons (Fsp3) is 0.353. The zero-order valence-corrected chi connectivity index (χ0v) is 13.8. The van der Waals surface area contributed by atoms with Crippen molar-refractivity contribution < 1.29 is 23.9 Å². The third-order valence-electron chi connectivity index (χ3n) is 3.17. The van der Waals surface area contributed by atoms with E-state index >= 15 is 0 Å². The van der Waals surface area contributed by atoms with Gasteiger partial charge in [0, 0.05) is 11.7 Å². The Kier molecular flexibility index (Phi) is 5.57. The number of carbonyl (C=O) groups is 3. The van der Waals surface area contributed by atoms with Gasteiger partial charge in [0.2, 0.25) is 11.7 Å². The summed E-state index contributed by atoms with van der Waals surface area (Å²) in [7, 11) is 0. The summed E-state index contributed by atoms with van der Waals surface area (Å²) >= 11 is 0. The normalized spacial score (nSPS) is 15.1. The summed E-state index contributed by atoms with van der Waals surface area (Å²) < 4.78 is 10.3. The molecule has 1 aromatic rings. The maximum absolute atomic E-state index is 12.3. The van der Waals surface area contributed by atoms with Gasteiger partial charge in [0.15, 0.2) is 18.3 Å². The van der Waals surface area contributed by atoms with Crippen molar-refractivity contribution in [2.24, 2.45) is 0 Å². The Morgan fingerprint density at radius 2 is 1.83 bits per heavy atom. The van der Waals surface area contributed by atoms with Crippen LogP contribution < -0.4 is 10.6 Å². The Balaban J connectivity index is 2.11.